The summed E-state index contributed by atoms with van der Waals surface area (Å²) >= 11 is 0. The third kappa shape index (κ3) is 3.60. The molecule has 1 aliphatic rings. The summed E-state index contributed by atoms with van der Waals surface area (Å²) in [6.45, 7) is 6.08. The van der Waals surface area contributed by atoms with Gasteiger partial charge in [0.1, 0.15) is 0 Å². The molecule has 0 radical (unpaired) electrons. The lowest BCUT2D eigenvalue weighted by Crippen LogP contribution is -2.38. The van der Waals surface area contributed by atoms with E-state index in [1.807, 2.05) is 0 Å². The number of nitrogens with zero attached hydrogens (tertiary/aromatic N) is 1. The van der Waals surface area contributed by atoms with Crippen LogP contribution in [0.1, 0.15) is 0 Å². The molecule has 1 saturated heterocycles. The van der Waals surface area contributed by atoms with Crippen molar-refractivity contribution in [2.75, 3.05) is 36.5 Å². The van der Waals surface area contributed by atoms with E-state index in [4.69, 9.17) is 4.74 Å². The number of rotatable bonds is 4. The van der Waals surface area contributed by atoms with Gasteiger partial charge in [-0.1, -0.05) is 6.58 Å². The number of hydrogen-bond donors (Lipinski definition) is 3. The highest BCUT2D eigenvalue weighted by Gasteiger charge is 2.17. The Hall–Kier alpha value is -1.83. The lowest BCUT2D eigenvalue weighted by Gasteiger charge is -2.29. The Kier molecular flexibility index (Phi) is 4.78. The minimum atomic E-state index is -1.59. The molecule has 1 fully saturated rings. The van der Waals surface area contributed by atoms with Crippen LogP contribution in [0.2, 0.25) is 0 Å². The van der Waals surface area contributed by atoms with E-state index < -0.39 is 7.12 Å². The molecule has 0 atom stereocenters. The number of morpholine rings is 1. The largest absolute Gasteiger partial charge is 0.488 e. The zero-order chi connectivity index (χ0) is 14.5. The third-order valence-corrected chi connectivity index (χ3v) is 3.07. The number of carbonyl (C=O) groups excluding carboxylic acids is 1. The van der Waals surface area contributed by atoms with E-state index in [9.17, 15) is 14.8 Å². The monoisotopic (exact) mass is 276 g/mol. The average molecular weight is 276 g/mol. The van der Waals surface area contributed by atoms with E-state index in [1.165, 1.54) is 6.07 Å². The minimum absolute atomic E-state index is 0.327. The van der Waals surface area contributed by atoms with Gasteiger partial charge in [0.15, 0.2) is 0 Å². The van der Waals surface area contributed by atoms with Gasteiger partial charge in [-0.3, -0.25) is 4.79 Å². The number of ether oxygens (including phenoxy) is 1. The average Bonchev–Trinajstić information content (AvgIpc) is 2.47. The SMILES string of the molecule is C=CC(=O)Nc1cc(B(O)O)cc(N2CCOCC2)c1. The highest BCUT2D eigenvalue weighted by Crippen LogP contribution is 2.19. The molecule has 1 heterocycles. The van der Waals surface area contributed by atoms with E-state index in [0.717, 1.165) is 24.9 Å². The van der Waals surface area contributed by atoms with E-state index in [-0.39, 0.29) is 5.91 Å². The van der Waals surface area contributed by atoms with Crippen LogP contribution in [0, 0.1) is 0 Å². The number of amides is 1. The molecule has 0 saturated carbocycles. The molecule has 2 rings (SSSR count). The molecule has 1 amide bonds. The highest BCUT2D eigenvalue weighted by molar-refractivity contribution is 6.58. The van der Waals surface area contributed by atoms with Crippen molar-refractivity contribution in [1.29, 1.82) is 0 Å². The quantitative estimate of drug-likeness (QED) is 0.502. The molecule has 6 nitrogen and oxygen atoms in total. The van der Waals surface area contributed by atoms with Crippen molar-refractivity contribution in [1.82, 2.24) is 0 Å². The highest BCUT2D eigenvalue weighted by atomic mass is 16.5. The zero-order valence-electron chi connectivity index (χ0n) is 11.1. The van der Waals surface area contributed by atoms with Crippen LogP contribution in [0.25, 0.3) is 0 Å². The first-order valence-corrected chi connectivity index (χ1v) is 6.37. The molecule has 1 aromatic carbocycles. The number of nitrogens with one attached hydrogen (secondary N) is 1. The van der Waals surface area contributed by atoms with Gasteiger partial charge in [-0.15, -0.1) is 0 Å². The summed E-state index contributed by atoms with van der Waals surface area (Å²) in [6.07, 6.45) is 1.16. The van der Waals surface area contributed by atoms with Gasteiger partial charge in [-0.05, 0) is 29.7 Å². The Bertz CT molecular complexity index is 501. The van der Waals surface area contributed by atoms with Crippen LogP contribution < -0.4 is 15.7 Å². The van der Waals surface area contributed by atoms with Crippen molar-refractivity contribution >= 4 is 29.9 Å². The fraction of sp³-hybridized carbons (Fsp3) is 0.308. The molecule has 0 unspecified atom stereocenters. The fourth-order valence-electron chi connectivity index (χ4n) is 2.05. The van der Waals surface area contributed by atoms with Gasteiger partial charge in [0.05, 0.1) is 13.2 Å². The Morgan fingerprint density at radius 1 is 1.35 bits per heavy atom. The summed E-state index contributed by atoms with van der Waals surface area (Å²) in [5, 5.41) is 21.3. The summed E-state index contributed by atoms with van der Waals surface area (Å²) in [5.74, 6) is -0.345. The summed E-state index contributed by atoms with van der Waals surface area (Å²) < 4.78 is 5.29. The van der Waals surface area contributed by atoms with Gasteiger partial charge in [-0.25, -0.2) is 0 Å². The van der Waals surface area contributed by atoms with Crippen molar-refractivity contribution in [2.45, 2.75) is 0 Å². The topological polar surface area (TPSA) is 82.0 Å². The van der Waals surface area contributed by atoms with Crippen molar-refractivity contribution in [3.05, 3.63) is 30.9 Å². The van der Waals surface area contributed by atoms with Gasteiger partial charge in [0, 0.05) is 24.5 Å². The Morgan fingerprint density at radius 3 is 2.65 bits per heavy atom. The second-order valence-corrected chi connectivity index (χ2v) is 4.48. The van der Waals surface area contributed by atoms with Gasteiger partial charge < -0.3 is 25.0 Å². The van der Waals surface area contributed by atoms with Crippen molar-refractivity contribution < 1.29 is 19.6 Å². The van der Waals surface area contributed by atoms with Crippen molar-refractivity contribution in [3.63, 3.8) is 0 Å². The lowest BCUT2D eigenvalue weighted by atomic mass is 9.79. The van der Waals surface area contributed by atoms with E-state index in [1.54, 1.807) is 12.1 Å². The van der Waals surface area contributed by atoms with Crippen molar-refractivity contribution in [3.8, 4) is 0 Å². The second-order valence-electron chi connectivity index (χ2n) is 4.48. The van der Waals surface area contributed by atoms with Crippen molar-refractivity contribution in [2.24, 2.45) is 0 Å². The van der Waals surface area contributed by atoms with E-state index in [2.05, 4.69) is 16.8 Å². The lowest BCUT2D eigenvalue weighted by molar-refractivity contribution is -0.111. The molecule has 20 heavy (non-hydrogen) atoms. The molecule has 1 aliphatic heterocycles. The molecule has 7 heteroatoms. The fourth-order valence-corrected chi connectivity index (χ4v) is 2.05. The van der Waals surface area contributed by atoms with Crippen LogP contribution in [-0.2, 0) is 9.53 Å². The molecule has 0 spiro atoms. The standard InChI is InChI=1S/C13H17BN2O4/c1-2-13(17)15-11-7-10(14(18)19)8-12(9-11)16-3-5-20-6-4-16/h2,7-9,18-19H,1,3-6H2,(H,15,17). The van der Waals surface area contributed by atoms with E-state index in [0.29, 0.717) is 24.4 Å². The first-order valence-electron chi connectivity index (χ1n) is 6.37. The second kappa shape index (κ2) is 6.56. The predicted octanol–water partition coefficient (Wildman–Crippen LogP) is -0.673. The number of hydrogen-bond acceptors (Lipinski definition) is 5. The van der Waals surface area contributed by atoms with Crippen LogP contribution in [0.15, 0.2) is 30.9 Å². The molecule has 0 bridgehead atoms. The smallest absolute Gasteiger partial charge is 0.423 e. The molecule has 3 N–H and O–H groups in total. The van der Waals surface area contributed by atoms with Crippen LogP contribution in [0.5, 0.6) is 0 Å². The minimum Gasteiger partial charge on any atom is -0.423 e. The van der Waals surface area contributed by atoms with Crippen LogP contribution in [0.3, 0.4) is 0 Å². The summed E-state index contributed by atoms with van der Waals surface area (Å²) in [4.78, 5) is 13.4. The first kappa shape index (κ1) is 14.6. The normalized spacial score (nSPS) is 14.8. The summed E-state index contributed by atoms with van der Waals surface area (Å²) in [7, 11) is -1.59. The maximum Gasteiger partial charge on any atom is 0.488 e. The van der Waals surface area contributed by atoms with Gasteiger partial charge in [-0.2, -0.15) is 0 Å². The Morgan fingerprint density at radius 2 is 2.05 bits per heavy atom. The first-order chi connectivity index (χ1) is 9.60. The number of benzene rings is 1. The van der Waals surface area contributed by atoms with E-state index >= 15 is 0 Å². The maximum atomic E-state index is 11.4. The Labute approximate surface area is 117 Å². The van der Waals surface area contributed by atoms with Gasteiger partial charge >= 0.3 is 7.12 Å². The molecule has 0 aliphatic carbocycles. The number of carbonyl (C=O) groups is 1. The summed E-state index contributed by atoms with van der Waals surface area (Å²) in [6, 6.07) is 5.01. The van der Waals surface area contributed by atoms with Crippen LogP contribution in [-0.4, -0.2) is 49.4 Å². The Balaban J connectivity index is 2.29. The van der Waals surface area contributed by atoms with Gasteiger partial charge in [0.25, 0.3) is 0 Å². The summed E-state index contributed by atoms with van der Waals surface area (Å²) in [5.41, 5.74) is 1.65. The maximum absolute atomic E-state index is 11.4. The molecule has 1 aromatic rings. The molecule has 0 aromatic heterocycles. The molecular weight excluding hydrogens is 259 g/mol. The van der Waals surface area contributed by atoms with Crippen LogP contribution >= 0.6 is 0 Å². The number of anilines is 2. The molecular formula is C13H17BN2O4. The van der Waals surface area contributed by atoms with Crippen LogP contribution in [0.4, 0.5) is 11.4 Å². The predicted molar refractivity (Wildman–Crippen MR) is 78.1 cm³/mol. The van der Waals surface area contributed by atoms with Gasteiger partial charge in [0.2, 0.25) is 5.91 Å². The zero-order valence-corrected chi connectivity index (χ0v) is 11.1. The third-order valence-electron chi connectivity index (χ3n) is 3.07. The molecule has 106 valence electrons.